The van der Waals surface area contributed by atoms with Crippen molar-refractivity contribution in [2.75, 3.05) is 7.11 Å². The topological polar surface area (TPSA) is 47.6 Å². The Bertz CT molecular complexity index is 729. The van der Waals surface area contributed by atoms with Crippen molar-refractivity contribution in [2.45, 2.75) is 32.9 Å². The Morgan fingerprint density at radius 1 is 1.20 bits per heavy atom. The Labute approximate surface area is 149 Å². The van der Waals surface area contributed by atoms with Gasteiger partial charge in [0.05, 0.1) is 13.2 Å². The summed E-state index contributed by atoms with van der Waals surface area (Å²) in [4.78, 5) is 12.1. The van der Waals surface area contributed by atoms with E-state index in [0.717, 1.165) is 17.5 Å². The van der Waals surface area contributed by atoms with Crippen LogP contribution in [0.5, 0.6) is 11.5 Å². The number of hydrogen-bond donors (Lipinski definition) is 1. The average Bonchev–Trinajstić information content (AvgIpc) is 3.37. The molecule has 132 valence electrons. The first kappa shape index (κ1) is 17.3. The lowest BCUT2D eigenvalue weighted by molar-refractivity contribution is -0.123. The zero-order valence-corrected chi connectivity index (χ0v) is 15.0. The molecule has 3 atom stereocenters. The average molecular weight is 339 g/mol. The third-order valence-electron chi connectivity index (χ3n) is 4.73. The van der Waals surface area contributed by atoms with Gasteiger partial charge >= 0.3 is 0 Å². The molecule has 3 rings (SSSR count). The predicted octanol–water partition coefficient (Wildman–Crippen LogP) is 4.11. The second kappa shape index (κ2) is 7.60. The van der Waals surface area contributed by atoms with Gasteiger partial charge in [-0.2, -0.15) is 0 Å². The molecule has 2 aromatic rings. The number of amides is 1. The minimum absolute atomic E-state index is 0.0580. The number of rotatable bonds is 7. The first-order chi connectivity index (χ1) is 12.1. The van der Waals surface area contributed by atoms with Crippen LogP contribution in [0.15, 0.2) is 48.5 Å². The molecule has 0 spiro atoms. The third-order valence-corrected chi connectivity index (χ3v) is 4.73. The van der Waals surface area contributed by atoms with Crippen molar-refractivity contribution >= 4 is 5.91 Å². The van der Waals surface area contributed by atoms with Crippen molar-refractivity contribution in [2.24, 2.45) is 11.8 Å². The predicted molar refractivity (Wildman–Crippen MR) is 97.6 cm³/mol. The Morgan fingerprint density at radius 3 is 2.56 bits per heavy atom. The van der Waals surface area contributed by atoms with E-state index in [-0.39, 0.29) is 17.9 Å². The molecule has 4 nitrogen and oxygen atoms in total. The molecule has 1 amide bonds. The van der Waals surface area contributed by atoms with Crippen LogP contribution in [0.1, 0.15) is 37.4 Å². The largest absolute Gasteiger partial charge is 0.493 e. The number of methoxy groups -OCH3 is 1. The van der Waals surface area contributed by atoms with Gasteiger partial charge in [0.1, 0.15) is 6.61 Å². The first-order valence-corrected chi connectivity index (χ1v) is 8.73. The van der Waals surface area contributed by atoms with Crippen molar-refractivity contribution < 1.29 is 14.3 Å². The van der Waals surface area contributed by atoms with Gasteiger partial charge in [0.2, 0.25) is 5.91 Å². The highest BCUT2D eigenvalue weighted by Gasteiger charge is 2.39. The van der Waals surface area contributed by atoms with E-state index in [2.05, 4.69) is 12.2 Å². The van der Waals surface area contributed by atoms with Gasteiger partial charge < -0.3 is 14.8 Å². The molecule has 1 fully saturated rings. The summed E-state index contributed by atoms with van der Waals surface area (Å²) in [7, 11) is 1.63. The molecule has 0 saturated heterocycles. The molecule has 4 heteroatoms. The van der Waals surface area contributed by atoms with E-state index in [9.17, 15) is 4.79 Å². The number of carbonyl (C=O) groups excluding carboxylic acids is 1. The lowest BCUT2D eigenvalue weighted by atomic mass is 10.1. The second-order valence-electron chi connectivity index (χ2n) is 6.73. The van der Waals surface area contributed by atoms with Gasteiger partial charge in [0.15, 0.2) is 11.5 Å². The maximum Gasteiger partial charge on any atom is 0.223 e. The number of nitrogens with one attached hydrogen (secondary N) is 1. The third kappa shape index (κ3) is 4.32. The number of ether oxygens (including phenoxy) is 2. The van der Waals surface area contributed by atoms with E-state index in [4.69, 9.17) is 9.47 Å². The molecule has 1 N–H and O–H groups in total. The van der Waals surface area contributed by atoms with Crippen LogP contribution in [-0.2, 0) is 11.4 Å². The standard InChI is InChI=1S/C21H25NO3/c1-14-11-18(14)21(23)22-15(2)17-9-10-19(20(12-17)24-3)25-13-16-7-5-4-6-8-16/h4-10,12,14-15,18H,11,13H2,1-3H3,(H,22,23)/t14-,15-,18-/m0/s1. The van der Waals surface area contributed by atoms with Gasteiger partial charge in [-0.25, -0.2) is 0 Å². The van der Waals surface area contributed by atoms with Gasteiger partial charge in [0.25, 0.3) is 0 Å². The van der Waals surface area contributed by atoms with Gasteiger partial charge in [-0.15, -0.1) is 0 Å². The van der Waals surface area contributed by atoms with E-state index < -0.39 is 0 Å². The van der Waals surface area contributed by atoms with E-state index >= 15 is 0 Å². The van der Waals surface area contributed by atoms with E-state index in [1.807, 2.05) is 55.5 Å². The minimum Gasteiger partial charge on any atom is -0.493 e. The summed E-state index contributed by atoms with van der Waals surface area (Å²) < 4.78 is 11.3. The van der Waals surface area contributed by atoms with Crippen LogP contribution in [-0.4, -0.2) is 13.0 Å². The molecule has 1 aliphatic carbocycles. The molecule has 25 heavy (non-hydrogen) atoms. The van der Waals surface area contributed by atoms with Crippen molar-refractivity contribution in [1.29, 1.82) is 0 Å². The first-order valence-electron chi connectivity index (χ1n) is 8.73. The summed E-state index contributed by atoms with van der Waals surface area (Å²) in [5.74, 6) is 2.20. The van der Waals surface area contributed by atoms with Crippen LogP contribution in [0.4, 0.5) is 0 Å². The molecular formula is C21H25NO3. The van der Waals surface area contributed by atoms with Crippen LogP contribution in [0.25, 0.3) is 0 Å². The van der Waals surface area contributed by atoms with Crippen molar-refractivity contribution in [3.05, 3.63) is 59.7 Å². The van der Waals surface area contributed by atoms with E-state index in [1.54, 1.807) is 7.11 Å². The molecule has 1 aliphatic rings. The Morgan fingerprint density at radius 2 is 1.92 bits per heavy atom. The molecule has 0 unspecified atom stereocenters. The fourth-order valence-electron chi connectivity index (χ4n) is 2.90. The highest BCUT2D eigenvalue weighted by molar-refractivity contribution is 5.81. The fraction of sp³-hybridized carbons (Fsp3) is 0.381. The van der Waals surface area contributed by atoms with E-state index in [0.29, 0.717) is 24.0 Å². The van der Waals surface area contributed by atoms with Crippen molar-refractivity contribution in [3.63, 3.8) is 0 Å². The Balaban J connectivity index is 1.65. The van der Waals surface area contributed by atoms with Gasteiger partial charge in [-0.1, -0.05) is 43.3 Å². The monoisotopic (exact) mass is 339 g/mol. The van der Waals surface area contributed by atoms with E-state index in [1.165, 1.54) is 0 Å². The normalized spacial score (nSPS) is 19.8. The lowest BCUT2D eigenvalue weighted by Crippen LogP contribution is -2.28. The van der Waals surface area contributed by atoms with Crippen LogP contribution in [0.3, 0.4) is 0 Å². The summed E-state index contributed by atoms with van der Waals surface area (Å²) in [5, 5.41) is 3.08. The molecule has 0 radical (unpaired) electrons. The number of hydrogen-bond acceptors (Lipinski definition) is 3. The van der Waals surface area contributed by atoms with Crippen molar-refractivity contribution in [3.8, 4) is 11.5 Å². The summed E-state index contributed by atoms with van der Waals surface area (Å²) >= 11 is 0. The summed E-state index contributed by atoms with van der Waals surface area (Å²) in [6.45, 7) is 4.59. The number of benzene rings is 2. The zero-order valence-electron chi connectivity index (χ0n) is 15.0. The molecule has 0 bridgehead atoms. The Kier molecular flexibility index (Phi) is 5.27. The maximum absolute atomic E-state index is 12.1. The molecule has 0 aliphatic heterocycles. The van der Waals surface area contributed by atoms with Crippen LogP contribution < -0.4 is 14.8 Å². The SMILES string of the molecule is COc1cc([C@H](C)NC(=O)[C@H]2C[C@@H]2C)ccc1OCc1ccccc1. The molecular weight excluding hydrogens is 314 g/mol. The highest BCUT2D eigenvalue weighted by atomic mass is 16.5. The van der Waals surface area contributed by atoms with Gasteiger partial charge in [-0.05, 0) is 42.5 Å². The smallest absolute Gasteiger partial charge is 0.223 e. The summed E-state index contributed by atoms with van der Waals surface area (Å²) in [6.07, 6.45) is 0.994. The lowest BCUT2D eigenvalue weighted by Gasteiger charge is -2.17. The van der Waals surface area contributed by atoms with Crippen molar-refractivity contribution in [1.82, 2.24) is 5.32 Å². The van der Waals surface area contributed by atoms with Crippen LogP contribution >= 0.6 is 0 Å². The molecule has 0 aromatic heterocycles. The quantitative estimate of drug-likeness (QED) is 0.826. The minimum atomic E-state index is -0.0580. The highest BCUT2D eigenvalue weighted by Crippen LogP contribution is 2.38. The molecule has 0 heterocycles. The number of carbonyl (C=O) groups is 1. The fourth-order valence-corrected chi connectivity index (χ4v) is 2.90. The Hall–Kier alpha value is -2.49. The summed E-state index contributed by atoms with van der Waals surface area (Å²) in [6, 6.07) is 15.8. The second-order valence-corrected chi connectivity index (χ2v) is 6.73. The van der Waals surface area contributed by atoms with Crippen LogP contribution in [0.2, 0.25) is 0 Å². The van der Waals surface area contributed by atoms with Gasteiger partial charge in [-0.3, -0.25) is 4.79 Å². The molecule has 2 aromatic carbocycles. The van der Waals surface area contributed by atoms with Gasteiger partial charge in [0, 0.05) is 5.92 Å². The maximum atomic E-state index is 12.1. The summed E-state index contributed by atoms with van der Waals surface area (Å²) in [5.41, 5.74) is 2.11. The zero-order chi connectivity index (χ0) is 17.8. The molecule has 1 saturated carbocycles. The van der Waals surface area contributed by atoms with Crippen LogP contribution in [0, 0.1) is 11.8 Å².